The van der Waals surface area contributed by atoms with Gasteiger partial charge in [0.2, 0.25) is 0 Å². The molecule has 0 N–H and O–H groups in total. The summed E-state index contributed by atoms with van der Waals surface area (Å²) >= 11 is 0. The number of carbonyl (C=O) groups is 1. The third kappa shape index (κ3) is 2.70. The summed E-state index contributed by atoms with van der Waals surface area (Å²) in [6.07, 6.45) is 0.540. The van der Waals surface area contributed by atoms with E-state index in [9.17, 15) is 4.79 Å². The monoisotopic (exact) mass is 173 g/mol. The number of hydrogen-bond acceptors (Lipinski definition) is 3. The number of carbonyl (C=O) groups excluding carboxylic acids is 1. The minimum absolute atomic E-state index is 0.360. The topological polar surface area (TPSA) is 38.8 Å². The summed E-state index contributed by atoms with van der Waals surface area (Å²) in [5.41, 5.74) is 0. The van der Waals surface area contributed by atoms with Crippen molar-refractivity contribution in [2.75, 3.05) is 19.8 Å². The average Bonchev–Trinajstić information content (AvgIpc) is 2.51. The molecule has 4 heteroatoms. The van der Waals surface area contributed by atoms with Gasteiger partial charge in [0.05, 0.1) is 19.8 Å². The largest absolute Gasteiger partial charge is 0.448 e. The molecule has 0 saturated carbocycles. The van der Waals surface area contributed by atoms with Crippen molar-refractivity contribution < 1.29 is 14.4 Å². The number of nitrogens with zero attached hydrogens (tertiary/aromatic N) is 1. The predicted molar refractivity (Wildman–Crippen MR) is 43.5 cm³/mol. The van der Waals surface area contributed by atoms with Crippen molar-refractivity contribution in [2.45, 2.75) is 20.3 Å². The zero-order valence-electron chi connectivity index (χ0n) is 7.58. The summed E-state index contributed by atoms with van der Waals surface area (Å²) < 4.78 is 4.95. The Labute approximate surface area is 72.4 Å². The maximum atomic E-state index is 11.1. The van der Waals surface area contributed by atoms with Crippen LogP contribution in [0.25, 0.3) is 0 Å². The van der Waals surface area contributed by atoms with Crippen LogP contribution in [0.5, 0.6) is 0 Å². The lowest BCUT2D eigenvalue weighted by Gasteiger charge is -2.14. The number of ether oxygens (including phenoxy) is 1. The first kappa shape index (κ1) is 9.32. The van der Waals surface area contributed by atoms with Crippen LogP contribution in [-0.4, -0.2) is 30.9 Å². The van der Waals surface area contributed by atoms with Crippen LogP contribution in [0.4, 0.5) is 4.79 Å². The summed E-state index contributed by atoms with van der Waals surface area (Å²) in [4.78, 5) is 16.1. The van der Waals surface area contributed by atoms with Gasteiger partial charge in [0.25, 0.3) is 0 Å². The molecule has 0 aromatic carbocycles. The molecular formula is C8H15NO3. The molecule has 0 spiro atoms. The molecule has 12 heavy (non-hydrogen) atoms. The molecule has 4 nitrogen and oxygen atoms in total. The SMILES string of the molecule is CC(C)COC(=O)N1CCCO1. The van der Waals surface area contributed by atoms with Crippen LogP contribution >= 0.6 is 0 Å². The van der Waals surface area contributed by atoms with E-state index in [1.165, 1.54) is 5.06 Å². The fourth-order valence-electron chi connectivity index (χ4n) is 0.901. The Morgan fingerprint density at radius 3 is 2.92 bits per heavy atom. The van der Waals surface area contributed by atoms with Crippen molar-refractivity contribution in [3.05, 3.63) is 0 Å². The molecule has 0 aliphatic carbocycles. The van der Waals surface area contributed by atoms with Crippen molar-refractivity contribution in [2.24, 2.45) is 5.92 Å². The maximum Gasteiger partial charge on any atom is 0.433 e. The lowest BCUT2D eigenvalue weighted by atomic mass is 10.2. The molecule has 0 radical (unpaired) electrons. The molecule has 0 aromatic heterocycles. The summed E-state index contributed by atoms with van der Waals surface area (Å²) in [6, 6.07) is 0. The van der Waals surface area contributed by atoms with Crippen molar-refractivity contribution >= 4 is 6.09 Å². The molecule has 1 heterocycles. The van der Waals surface area contributed by atoms with Crippen LogP contribution < -0.4 is 0 Å². The van der Waals surface area contributed by atoms with E-state index in [-0.39, 0.29) is 6.09 Å². The molecule has 1 aliphatic heterocycles. The molecule has 0 aromatic rings. The molecular weight excluding hydrogens is 158 g/mol. The van der Waals surface area contributed by atoms with E-state index in [4.69, 9.17) is 9.57 Å². The Morgan fingerprint density at radius 2 is 2.42 bits per heavy atom. The van der Waals surface area contributed by atoms with Gasteiger partial charge >= 0.3 is 6.09 Å². The van der Waals surface area contributed by atoms with Crippen LogP contribution in [0, 0.1) is 5.92 Å². The highest BCUT2D eigenvalue weighted by molar-refractivity contribution is 5.66. The van der Waals surface area contributed by atoms with Gasteiger partial charge < -0.3 is 4.74 Å². The zero-order valence-corrected chi connectivity index (χ0v) is 7.58. The normalized spacial score (nSPS) is 17.1. The highest BCUT2D eigenvalue weighted by Crippen LogP contribution is 2.06. The molecule has 1 aliphatic rings. The van der Waals surface area contributed by atoms with Gasteiger partial charge in [-0.05, 0) is 12.3 Å². The second-order valence-electron chi connectivity index (χ2n) is 3.26. The Bertz CT molecular complexity index is 152. The smallest absolute Gasteiger partial charge is 0.433 e. The van der Waals surface area contributed by atoms with Gasteiger partial charge in [-0.1, -0.05) is 13.8 Å². The lowest BCUT2D eigenvalue weighted by Crippen LogP contribution is -2.28. The number of amides is 1. The van der Waals surface area contributed by atoms with Gasteiger partial charge in [0.15, 0.2) is 0 Å². The first-order chi connectivity index (χ1) is 5.70. The number of hydrogen-bond donors (Lipinski definition) is 0. The van der Waals surface area contributed by atoms with E-state index in [0.29, 0.717) is 25.7 Å². The zero-order chi connectivity index (χ0) is 8.97. The van der Waals surface area contributed by atoms with Gasteiger partial charge in [-0.2, -0.15) is 5.06 Å². The Kier molecular flexibility index (Phi) is 3.34. The molecule has 70 valence electrons. The summed E-state index contributed by atoms with van der Waals surface area (Å²) in [7, 11) is 0. The third-order valence-electron chi connectivity index (χ3n) is 1.50. The van der Waals surface area contributed by atoms with Crippen LogP contribution in [-0.2, 0) is 9.57 Å². The van der Waals surface area contributed by atoms with Gasteiger partial charge in [0, 0.05) is 0 Å². The molecule has 1 fully saturated rings. The standard InChI is InChI=1S/C8H15NO3/c1-7(2)6-11-8(10)9-4-3-5-12-9/h7H,3-6H2,1-2H3. The van der Waals surface area contributed by atoms with E-state index in [1.807, 2.05) is 13.8 Å². The summed E-state index contributed by atoms with van der Waals surface area (Å²) in [5.74, 6) is 0.372. The third-order valence-corrected chi connectivity index (χ3v) is 1.50. The van der Waals surface area contributed by atoms with Crippen LogP contribution in [0.3, 0.4) is 0 Å². The van der Waals surface area contributed by atoms with Gasteiger partial charge in [-0.3, -0.25) is 4.84 Å². The molecule has 0 atom stereocenters. The van der Waals surface area contributed by atoms with E-state index in [2.05, 4.69) is 0 Å². The second kappa shape index (κ2) is 4.30. The first-order valence-corrected chi connectivity index (χ1v) is 4.27. The van der Waals surface area contributed by atoms with Crippen molar-refractivity contribution in [1.29, 1.82) is 0 Å². The lowest BCUT2D eigenvalue weighted by molar-refractivity contribution is -0.0927. The van der Waals surface area contributed by atoms with Crippen LogP contribution in [0.15, 0.2) is 0 Å². The second-order valence-corrected chi connectivity index (χ2v) is 3.26. The molecule has 1 rings (SSSR count). The molecule has 1 amide bonds. The summed E-state index contributed by atoms with van der Waals surface area (Å²) in [5, 5.41) is 1.28. The van der Waals surface area contributed by atoms with Gasteiger partial charge in [0.1, 0.15) is 0 Å². The molecule has 0 unspecified atom stereocenters. The molecule has 0 bridgehead atoms. The quantitative estimate of drug-likeness (QED) is 0.633. The van der Waals surface area contributed by atoms with E-state index in [0.717, 1.165) is 6.42 Å². The van der Waals surface area contributed by atoms with E-state index in [1.54, 1.807) is 0 Å². The van der Waals surface area contributed by atoms with Gasteiger partial charge in [-0.15, -0.1) is 0 Å². The Hall–Kier alpha value is -0.770. The summed E-state index contributed by atoms with van der Waals surface area (Å²) in [6.45, 7) is 5.72. The fourth-order valence-corrected chi connectivity index (χ4v) is 0.901. The maximum absolute atomic E-state index is 11.1. The number of hydroxylamine groups is 2. The van der Waals surface area contributed by atoms with Crippen molar-refractivity contribution in [3.8, 4) is 0 Å². The molecule has 1 saturated heterocycles. The predicted octanol–water partition coefficient (Wildman–Crippen LogP) is 1.42. The fraction of sp³-hybridized carbons (Fsp3) is 0.875. The van der Waals surface area contributed by atoms with E-state index < -0.39 is 0 Å². The van der Waals surface area contributed by atoms with Crippen molar-refractivity contribution in [1.82, 2.24) is 5.06 Å². The Balaban J connectivity index is 2.18. The minimum atomic E-state index is -0.360. The minimum Gasteiger partial charge on any atom is -0.448 e. The first-order valence-electron chi connectivity index (χ1n) is 4.27. The highest BCUT2D eigenvalue weighted by Gasteiger charge is 2.20. The van der Waals surface area contributed by atoms with Gasteiger partial charge in [-0.25, -0.2) is 4.79 Å². The van der Waals surface area contributed by atoms with Crippen LogP contribution in [0.1, 0.15) is 20.3 Å². The van der Waals surface area contributed by atoms with Crippen molar-refractivity contribution in [3.63, 3.8) is 0 Å². The average molecular weight is 173 g/mol. The van der Waals surface area contributed by atoms with E-state index >= 15 is 0 Å². The highest BCUT2D eigenvalue weighted by atomic mass is 16.7. The number of rotatable bonds is 2. The Morgan fingerprint density at radius 1 is 1.67 bits per heavy atom. The van der Waals surface area contributed by atoms with Crippen LogP contribution in [0.2, 0.25) is 0 Å².